The second kappa shape index (κ2) is 4.38. The molecule has 1 saturated carbocycles. The minimum Gasteiger partial charge on any atom is -0.494 e. The van der Waals surface area contributed by atoms with E-state index in [-0.39, 0.29) is 17.9 Å². The smallest absolute Gasteiger partial charge is 0.201 e. The average molecular weight is 265 g/mol. The lowest BCUT2D eigenvalue weighted by atomic mass is 9.89. The molecule has 102 valence electrons. The number of fused-ring (bicyclic) bond motifs is 1. The number of ether oxygens (including phenoxy) is 2. The molecular weight excluding hydrogens is 249 g/mol. The lowest BCUT2D eigenvalue weighted by Gasteiger charge is -2.35. The zero-order valence-electron chi connectivity index (χ0n) is 10.9. The summed E-state index contributed by atoms with van der Waals surface area (Å²) in [7, 11) is 3.15. The fraction of sp³-hybridized carbons (Fsp3) is 0.462. The Kier molecular flexibility index (Phi) is 2.82. The van der Waals surface area contributed by atoms with E-state index in [9.17, 15) is 4.39 Å². The Balaban J connectivity index is 2.06. The molecule has 1 aromatic heterocycles. The maximum atomic E-state index is 13.6. The standard InChI is InChI=1S/C13H16FN3O2/c1-18-8-3-7(4-8)17-11-6-12(19-2)9(14)5-10(11)16-13(17)15/h5-8H,3-4H2,1-2H3,(H2,15,16). The second-order valence-electron chi connectivity index (χ2n) is 4.80. The van der Waals surface area contributed by atoms with E-state index in [1.165, 1.54) is 13.2 Å². The van der Waals surface area contributed by atoms with Gasteiger partial charge in [0.1, 0.15) is 0 Å². The van der Waals surface area contributed by atoms with Crippen LogP contribution in [-0.2, 0) is 4.74 Å². The number of methoxy groups -OCH3 is 2. The Morgan fingerprint density at radius 2 is 2.11 bits per heavy atom. The molecule has 1 aliphatic rings. The summed E-state index contributed by atoms with van der Waals surface area (Å²) < 4.78 is 25.9. The fourth-order valence-corrected chi connectivity index (χ4v) is 2.60. The highest BCUT2D eigenvalue weighted by atomic mass is 19.1. The van der Waals surface area contributed by atoms with E-state index < -0.39 is 5.82 Å². The van der Waals surface area contributed by atoms with Crippen molar-refractivity contribution in [1.82, 2.24) is 9.55 Å². The minimum atomic E-state index is -0.428. The van der Waals surface area contributed by atoms with Gasteiger partial charge in [0.05, 0.1) is 24.2 Å². The molecule has 0 saturated heterocycles. The Hall–Kier alpha value is -1.82. The molecule has 6 heteroatoms. The predicted octanol–water partition coefficient (Wildman–Crippen LogP) is 2.12. The Labute approximate surface area is 110 Å². The van der Waals surface area contributed by atoms with Gasteiger partial charge in [-0.3, -0.25) is 0 Å². The Morgan fingerprint density at radius 3 is 2.74 bits per heavy atom. The molecule has 0 radical (unpaired) electrons. The molecule has 1 fully saturated rings. The molecular formula is C13H16FN3O2. The SMILES string of the molecule is COc1cc2c(cc1F)nc(N)n2C1CC(OC)C1. The molecule has 1 heterocycles. The van der Waals surface area contributed by atoms with Crippen LogP contribution in [0.25, 0.3) is 11.0 Å². The topological polar surface area (TPSA) is 62.3 Å². The maximum absolute atomic E-state index is 13.6. The number of rotatable bonds is 3. The van der Waals surface area contributed by atoms with Gasteiger partial charge in [0.25, 0.3) is 0 Å². The number of aromatic nitrogens is 2. The van der Waals surface area contributed by atoms with Crippen LogP contribution in [0.15, 0.2) is 12.1 Å². The summed E-state index contributed by atoms with van der Waals surface area (Å²) in [6.07, 6.45) is 2.06. The van der Waals surface area contributed by atoms with Crippen LogP contribution in [-0.4, -0.2) is 29.9 Å². The first kappa shape index (κ1) is 12.2. The summed E-state index contributed by atoms with van der Waals surface area (Å²) in [6, 6.07) is 3.26. The summed E-state index contributed by atoms with van der Waals surface area (Å²) in [5, 5.41) is 0. The summed E-state index contributed by atoms with van der Waals surface area (Å²) in [4.78, 5) is 4.21. The number of hydrogen-bond donors (Lipinski definition) is 1. The molecule has 1 aromatic carbocycles. The minimum absolute atomic E-state index is 0.205. The molecule has 19 heavy (non-hydrogen) atoms. The number of hydrogen-bond acceptors (Lipinski definition) is 4. The highest BCUT2D eigenvalue weighted by Crippen LogP contribution is 2.39. The van der Waals surface area contributed by atoms with Gasteiger partial charge in [-0.25, -0.2) is 9.37 Å². The summed E-state index contributed by atoms with van der Waals surface area (Å²) >= 11 is 0. The molecule has 5 nitrogen and oxygen atoms in total. The van der Waals surface area contributed by atoms with E-state index >= 15 is 0 Å². The first-order valence-corrected chi connectivity index (χ1v) is 6.17. The van der Waals surface area contributed by atoms with E-state index in [1.807, 2.05) is 4.57 Å². The van der Waals surface area contributed by atoms with Gasteiger partial charge in [0.2, 0.25) is 5.95 Å². The van der Waals surface area contributed by atoms with Crippen LogP contribution in [0.4, 0.5) is 10.3 Å². The van der Waals surface area contributed by atoms with E-state index in [4.69, 9.17) is 15.2 Å². The van der Waals surface area contributed by atoms with Crippen LogP contribution in [0.3, 0.4) is 0 Å². The first-order valence-electron chi connectivity index (χ1n) is 6.17. The molecule has 3 rings (SSSR count). The molecule has 2 N–H and O–H groups in total. The number of imidazole rings is 1. The number of nitrogens with two attached hydrogens (primary N) is 1. The van der Waals surface area contributed by atoms with Gasteiger partial charge in [0.15, 0.2) is 11.6 Å². The highest BCUT2D eigenvalue weighted by Gasteiger charge is 2.32. The van der Waals surface area contributed by atoms with Gasteiger partial charge in [-0.1, -0.05) is 0 Å². The van der Waals surface area contributed by atoms with Gasteiger partial charge in [0, 0.05) is 25.3 Å². The molecule has 2 aromatic rings. The number of anilines is 1. The van der Waals surface area contributed by atoms with Crippen molar-refractivity contribution in [2.75, 3.05) is 20.0 Å². The van der Waals surface area contributed by atoms with Gasteiger partial charge in [-0.2, -0.15) is 0 Å². The van der Waals surface area contributed by atoms with Crippen molar-refractivity contribution in [1.29, 1.82) is 0 Å². The van der Waals surface area contributed by atoms with Gasteiger partial charge >= 0.3 is 0 Å². The van der Waals surface area contributed by atoms with Crippen molar-refractivity contribution in [3.05, 3.63) is 17.9 Å². The van der Waals surface area contributed by atoms with E-state index in [1.54, 1.807) is 13.2 Å². The average Bonchev–Trinajstić information content (AvgIpc) is 2.63. The second-order valence-corrected chi connectivity index (χ2v) is 4.80. The van der Waals surface area contributed by atoms with Crippen LogP contribution in [0, 0.1) is 5.82 Å². The van der Waals surface area contributed by atoms with E-state index in [0.29, 0.717) is 11.5 Å². The zero-order valence-corrected chi connectivity index (χ0v) is 10.9. The quantitative estimate of drug-likeness (QED) is 0.923. The molecule has 0 amide bonds. The normalized spacial score (nSPS) is 22.5. The number of nitrogen functional groups attached to an aromatic ring is 1. The van der Waals surface area contributed by atoms with Crippen LogP contribution in [0.5, 0.6) is 5.75 Å². The Bertz CT molecular complexity index is 620. The molecule has 0 atom stereocenters. The van der Waals surface area contributed by atoms with Crippen molar-refractivity contribution in [2.45, 2.75) is 25.0 Å². The highest BCUT2D eigenvalue weighted by molar-refractivity contribution is 5.80. The van der Waals surface area contributed by atoms with Gasteiger partial charge < -0.3 is 19.8 Å². The molecule has 1 aliphatic carbocycles. The zero-order chi connectivity index (χ0) is 13.6. The molecule has 0 spiro atoms. The Morgan fingerprint density at radius 1 is 1.37 bits per heavy atom. The lowest BCUT2D eigenvalue weighted by Crippen LogP contribution is -2.33. The number of benzene rings is 1. The van der Waals surface area contributed by atoms with Crippen molar-refractivity contribution in [3.8, 4) is 5.75 Å². The van der Waals surface area contributed by atoms with Crippen LogP contribution in [0.2, 0.25) is 0 Å². The van der Waals surface area contributed by atoms with Crippen LogP contribution < -0.4 is 10.5 Å². The molecule has 0 bridgehead atoms. The van der Waals surface area contributed by atoms with Crippen molar-refractivity contribution < 1.29 is 13.9 Å². The third-order valence-electron chi connectivity index (χ3n) is 3.76. The fourth-order valence-electron chi connectivity index (χ4n) is 2.60. The van der Waals surface area contributed by atoms with Crippen molar-refractivity contribution in [3.63, 3.8) is 0 Å². The maximum Gasteiger partial charge on any atom is 0.201 e. The third kappa shape index (κ3) is 1.83. The number of nitrogens with zero attached hydrogens (tertiary/aromatic N) is 2. The summed E-state index contributed by atoms with van der Waals surface area (Å²) in [5.74, 6) is 0.182. The van der Waals surface area contributed by atoms with Crippen LogP contribution in [0.1, 0.15) is 18.9 Å². The molecule has 0 aliphatic heterocycles. The predicted molar refractivity (Wildman–Crippen MR) is 69.7 cm³/mol. The van der Waals surface area contributed by atoms with Crippen LogP contribution >= 0.6 is 0 Å². The summed E-state index contributed by atoms with van der Waals surface area (Å²) in [5.41, 5.74) is 7.29. The molecule has 0 unspecified atom stereocenters. The summed E-state index contributed by atoms with van der Waals surface area (Å²) in [6.45, 7) is 0. The third-order valence-corrected chi connectivity index (χ3v) is 3.76. The number of halogens is 1. The largest absolute Gasteiger partial charge is 0.494 e. The first-order chi connectivity index (χ1) is 9.13. The monoisotopic (exact) mass is 265 g/mol. The van der Waals surface area contributed by atoms with Gasteiger partial charge in [-0.05, 0) is 12.8 Å². The van der Waals surface area contributed by atoms with E-state index in [2.05, 4.69) is 4.98 Å². The van der Waals surface area contributed by atoms with Crippen molar-refractivity contribution >= 4 is 17.0 Å². The van der Waals surface area contributed by atoms with Gasteiger partial charge in [-0.15, -0.1) is 0 Å². The van der Waals surface area contributed by atoms with Crippen molar-refractivity contribution in [2.24, 2.45) is 0 Å². The van der Waals surface area contributed by atoms with E-state index in [0.717, 1.165) is 18.4 Å². The lowest BCUT2D eigenvalue weighted by molar-refractivity contribution is 0.00797.